The van der Waals surface area contributed by atoms with Gasteiger partial charge in [0.1, 0.15) is 11.9 Å². The molecule has 7 rings (SSSR count). The second-order valence-corrected chi connectivity index (χ2v) is 10.8. The Kier molecular flexibility index (Phi) is 4.08. The van der Waals surface area contributed by atoms with Gasteiger partial charge in [-0.25, -0.2) is 0 Å². The summed E-state index contributed by atoms with van der Waals surface area (Å²) in [5.74, 6) is 1.91. The Morgan fingerprint density at radius 3 is 2.88 bits per heavy atom. The van der Waals surface area contributed by atoms with Gasteiger partial charge in [0, 0.05) is 18.2 Å². The molecule has 3 aliphatic carbocycles. The fraction of sp³-hybridized carbons (Fsp3) is 0.577. The Bertz CT molecular complexity index is 1110. The van der Waals surface area contributed by atoms with Crippen molar-refractivity contribution in [3.8, 4) is 11.5 Å². The van der Waals surface area contributed by atoms with Crippen molar-refractivity contribution in [1.29, 1.82) is 0 Å². The molecule has 0 unspecified atom stereocenters. The smallest absolute Gasteiger partial charge is 0.227 e. The molecule has 1 saturated heterocycles. The Hall–Kier alpha value is -2.51. The fourth-order valence-corrected chi connectivity index (χ4v) is 7.46. The van der Waals surface area contributed by atoms with E-state index in [1.54, 1.807) is 24.5 Å². The summed E-state index contributed by atoms with van der Waals surface area (Å²) in [4.78, 5) is 15.4. The molecule has 2 aromatic rings. The van der Waals surface area contributed by atoms with E-state index in [9.17, 15) is 15.0 Å². The molecule has 7 nitrogen and oxygen atoms in total. The lowest BCUT2D eigenvalue weighted by atomic mass is 9.48. The quantitative estimate of drug-likeness (QED) is 0.647. The van der Waals surface area contributed by atoms with Crippen LogP contribution in [0.25, 0.3) is 0 Å². The van der Waals surface area contributed by atoms with Gasteiger partial charge in [-0.1, -0.05) is 6.07 Å². The maximum absolute atomic E-state index is 12.9. The molecule has 33 heavy (non-hydrogen) atoms. The molecule has 3 fully saturated rings. The fourth-order valence-electron chi connectivity index (χ4n) is 7.46. The van der Waals surface area contributed by atoms with Crippen LogP contribution >= 0.6 is 0 Å². The van der Waals surface area contributed by atoms with Crippen molar-refractivity contribution < 1.29 is 24.2 Å². The van der Waals surface area contributed by atoms with Gasteiger partial charge in [-0.15, -0.1) is 0 Å². The van der Waals surface area contributed by atoms with Crippen molar-refractivity contribution >= 4 is 5.91 Å². The molecule has 174 valence electrons. The maximum atomic E-state index is 12.9. The minimum absolute atomic E-state index is 0.0423. The van der Waals surface area contributed by atoms with E-state index >= 15 is 0 Å². The van der Waals surface area contributed by atoms with E-state index in [0.717, 1.165) is 37.4 Å². The monoisotopic (exact) mass is 450 g/mol. The molecule has 3 heterocycles. The molecule has 2 saturated carbocycles. The summed E-state index contributed by atoms with van der Waals surface area (Å²) in [5, 5.41) is 26.3. The number of nitrogens with one attached hydrogen (secondary N) is 1. The van der Waals surface area contributed by atoms with Crippen LogP contribution in [-0.2, 0) is 23.1 Å². The Labute approximate surface area is 192 Å². The number of carbonyl (C=O) groups is 1. The maximum Gasteiger partial charge on any atom is 0.227 e. The van der Waals surface area contributed by atoms with Gasteiger partial charge in [0.25, 0.3) is 0 Å². The van der Waals surface area contributed by atoms with Crippen molar-refractivity contribution in [3.63, 3.8) is 0 Å². The third-order valence-electron chi connectivity index (χ3n) is 9.02. The number of hydrogen-bond acceptors (Lipinski definition) is 6. The number of amides is 1. The number of phenolic OH excluding ortho intramolecular Hbond substituents is 1. The highest BCUT2D eigenvalue weighted by molar-refractivity contribution is 5.78. The van der Waals surface area contributed by atoms with E-state index in [4.69, 9.17) is 9.15 Å². The molecule has 1 amide bonds. The SMILES string of the molecule is O=C(Cc1ccco1)N[C@H]1CC[C@@]2(O)[C@H]3Cc4ccc(O)c5c4[C@@]2(CCN3CC2CC2)[C@H]1O5. The molecule has 2 aliphatic heterocycles. The van der Waals surface area contributed by atoms with Gasteiger partial charge in [0.2, 0.25) is 5.91 Å². The Morgan fingerprint density at radius 1 is 1.21 bits per heavy atom. The zero-order valence-corrected chi connectivity index (χ0v) is 18.6. The highest BCUT2D eigenvalue weighted by Crippen LogP contribution is 2.65. The van der Waals surface area contributed by atoms with Crippen LogP contribution in [0.5, 0.6) is 11.5 Å². The second-order valence-electron chi connectivity index (χ2n) is 10.8. The van der Waals surface area contributed by atoms with Crippen LogP contribution in [0.4, 0.5) is 0 Å². The largest absolute Gasteiger partial charge is 0.504 e. The molecule has 5 atom stereocenters. The molecular formula is C26H30N2O5. The van der Waals surface area contributed by atoms with E-state index in [-0.39, 0.29) is 30.2 Å². The summed E-state index contributed by atoms with van der Waals surface area (Å²) in [6.07, 6.45) is 6.72. The number of furan rings is 1. The summed E-state index contributed by atoms with van der Waals surface area (Å²) in [7, 11) is 0. The summed E-state index contributed by atoms with van der Waals surface area (Å²) < 4.78 is 11.8. The van der Waals surface area contributed by atoms with Crippen LogP contribution in [0, 0.1) is 5.92 Å². The van der Waals surface area contributed by atoms with Crippen LogP contribution in [0.15, 0.2) is 34.9 Å². The van der Waals surface area contributed by atoms with Crippen molar-refractivity contribution in [3.05, 3.63) is 47.4 Å². The number of hydrogen-bond donors (Lipinski definition) is 3. The standard InChI is InChI=1S/C26H30N2O5/c29-19-6-5-16-12-20-26(31)8-7-18(27-21(30)13-17-2-1-11-32-17)24-25(26,22(16)23(19)33-24)9-10-28(20)14-15-3-4-15/h1-2,5-6,11,15,18,20,24,29,31H,3-4,7-10,12-14H2,(H,27,30)/t18-,20+,24-,25-,26+/m0/s1. The van der Waals surface area contributed by atoms with E-state index in [1.165, 1.54) is 18.4 Å². The minimum atomic E-state index is -0.931. The number of aliphatic hydroxyl groups is 1. The lowest BCUT2D eigenvalue weighted by Crippen LogP contribution is -2.78. The van der Waals surface area contributed by atoms with Gasteiger partial charge in [-0.05, 0) is 74.8 Å². The van der Waals surface area contributed by atoms with Gasteiger partial charge in [0.15, 0.2) is 11.5 Å². The van der Waals surface area contributed by atoms with Gasteiger partial charge in [-0.3, -0.25) is 9.69 Å². The average Bonchev–Trinajstić information content (AvgIpc) is 3.31. The van der Waals surface area contributed by atoms with E-state index in [0.29, 0.717) is 24.4 Å². The number of carbonyl (C=O) groups excluding carboxylic acids is 1. The van der Waals surface area contributed by atoms with Crippen LogP contribution in [-0.4, -0.2) is 57.9 Å². The third-order valence-corrected chi connectivity index (χ3v) is 9.02. The number of ether oxygens (including phenoxy) is 1. The van der Waals surface area contributed by atoms with Crippen LogP contribution < -0.4 is 10.1 Å². The molecule has 3 N–H and O–H groups in total. The highest BCUT2D eigenvalue weighted by atomic mass is 16.5. The second kappa shape index (κ2) is 6.76. The highest BCUT2D eigenvalue weighted by Gasteiger charge is 2.73. The van der Waals surface area contributed by atoms with Gasteiger partial charge >= 0.3 is 0 Å². The first-order chi connectivity index (χ1) is 16.0. The van der Waals surface area contributed by atoms with Crippen molar-refractivity contribution in [2.24, 2.45) is 5.92 Å². The average molecular weight is 451 g/mol. The Balaban J connectivity index is 1.27. The molecule has 1 spiro atoms. The number of benzene rings is 1. The van der Waals surface area contributed by atoms with Gasteiger partial charge < -0.3 is 24.7 Å². The zero-order valence-electron chi connectivity index (χ0n) is 18.6. The first-order valence-electron chi connectivity index (χ1n) is 12.3. The first-order valence-corrected chi connectivity index (χ1v) is 12.3. The lowest BCUT2D eigenvalue weighted by Gasteiger charge is -2.64. The topological polar surface area (TPSA) is 95.2 Å². The number of nitrogens with zero attached hydrogens (tertiary/aromatic N) is 1. The normalized spacial score (nSPS) is 36.2. The van der Waals surface area contributed by atoms with Crippen LogP contribution in [0.3, 0.4) is 0 Å². The zero-order chi connectivity index (χ0) is 22.4. The third kappa shape index (κ3) is 2.66. The van der Waals surface area contributed by atoms with Crippen molar-refractivity contribution in [2.75, 3.05) is 13.1 Å². The predicted molar refractivity (Wildman–Crippen MR) is 119 cm³/mol. The Morgan fingerprint density at radius 2 is 2.09 bits per heavy atom. The van der Waals surface area contributed by atoms with Crippen LogP contribution in [0.2, 0.25) is 0 Å². The van der Waals surface area contributed by atoms with Gasteiger partial charge in [0.05, 0.1) is 29.7 Å². The number of rotatable bonds is 5. The molecule has 1 aromatic heterocycles. The molecule has 0 radical (unpaired) electrons. The number of phenols is 1. The molecule has 2 bridgehead atoms. The van der Waals surface area contributed by atoms with Crippen molar-refractivity contribution in [2.45, 2.75) is 74.1 Å². The summed E-state index contributed by atoms with van der Waals surface area (Å²) in [5.41, 5.74) is 0.615. The number of likely N-dealkylation sites (tertiary alicyclic amines) is 1. The van der Waals surface area contributed by atoms with Crippen LogP contribution in [0.1, 0.15) is 49.0 Å². The first kappa shape index (κ1) is 19.9. The summed E-state index contributed by atoms with van der Waals surface area (Å²) in [6, 6.07) is 7.11. The van der Waals surface area contributed by atoms with E-state index in [2.05, 4.69) is 10.2 Å². The van der Waals surface area contributed by atoms with E-state index < -0.39 is 17.1 Å². The van der Waals surface area contributed by atoms with E-state index in [1.807, 2.05) is 6.07 Å². The molecular weight excluding hydrogens is 420 g/mol. The van der Waals surface area contributed by atoms with Gasteiger partial charge in [-0.2, -0.15) is 0 Å². The predicted octanol–water partition coefficient (Wildman–Crippen LogP) is 2.28. The summed E-state index contributed by atoms with van der Waals surface area (Å²) >= 11 is 0. The molecule has 1 aromatic carbocycles. The number of piperidine rings is 1. The minimum Gasteiger partial charge on any atom is -0.504 e. The molecule has 7 heteroatoms. The number of aromatic hydroxyl groups is 1. The lowest BCUT2D eigenvalue weighted by molar-refractivity contribution is -0.192. The van der Waals surface area contributed by atoms with Crippen molar-refractivity contribution in [1.82, 2.24) is 10.2 Å². The summed E-state index contributed by atoms with van der Waals surface area (Å²) in [6.45, 7) is 1.96. The molecule has 5 aliphatic rings.